The van der Waals surface area contributed by atoms with Crippen LogP contribution in [0.3, 0.4) is 0 Å². The van der Waals surface area contributed by atoms with Gasteiger partial charge in [-0.05, 0) is 37.1 Å². The highest BCUT2D eigenvalue weighted by atomic mass is 16.1. The van der Waals surface area contributed by atoms with E-state index in [-0.39, 0.29) is 5.91 Å². The molecule has 100 valence electrons. The van der Waals surface area contributed by atoms with Crippen molar-refractivity contribution in [1.82, 2.24) is 10.2 Å². The number of hydrogen-bond acceptors (Lipinski definition) is 2. The quantitative estimate of drug-likeness (QED) is 0.745. The second-order valence-corrected chi connectivity index (χ2v) is 4.82. The molecule has 1 heterocycles. The van der Waals surface area contributed by atoms with Crippen molar-refractivity contribution in [2.45, 2.75) is 13.8 Å². The number of benzene rings is 2. The molecule has 0 aliphatic heterocycles. The molecule has 3 rings (SSSR count). The molecular formula is C16H15N3O. The zero-order valence-corrected chi connectivity index (χ0v) is 11.4. The number of carbonyl (C=O) groups is 1. The Labute approximate surface area is 116 Å². The maximum atomic E-state index is 12.4. The molecule has 1 amide bonds. The first-order chi connectivity index (χ1) is 9.66. The molecule has 0 fully saturated rings. The third-order valence-electron chi connectivity index (χ3n) is 3.54. The Morgan fingerprint density at radius 2 is 1.90 bits per heavy atom. The summed E-state index contributed by atoms with van der Waals surface area (Å²) in [6.07, 6.45) is 0. The zero-order valence-electron chi connectivity index (χ0n) is 11.4. The van der Waals surface area contributed by atoms with E-state index in [1.807, 2.05) is 56.3 Å². The number of nitrogens with zero attached hydrogens (tertiary/aromatic N) is 1. The smallest absolute Gasteiger partial charge is 0.276 e. The highest BCUT2D eigenvalue weighted by Gasteiger charge is 2.14. The molecule has 3 aromatic rings. The Morgan fingerprint density at radius 3 is 2.75 bits per heavy atom. The Bertz CT molecular complexity index is 789. The van der Waals surface area contributed by atoms with Crippen LogP contribution in [0.15, 0.2) is 42.5 Å². The van der Waals surface area contributed by atoms with Crippen LogP contribution in [-0.4, -0.2) is 16.1 Å². The Kier molecular flexibility index (Phi) is 2.99. The summed E-state index contributed by atoms with van der Waals surface area (Å²) in [5, 5.41) is 10.7. The minimum atomic E-state index is -0.198. The lowest BCUT2D eigenvalue weighted by molar-refractivity contribution is 0.102. The second-order valence-electron chi connectivity index (χ2n) is 4.82. The molecule has 0 aliphatic carbocycles. The molecule has 0 bridgehead atoms. The Hall–Kier alpha value is -2.62. The molecule has 4 heteroatoms. The van der Waals surface area contributed by atoms with Gasteiger partial charge in [0.1, 0.15) is 0 Å². The van der Waals surface area contributed by atoms with Crippen molar-refractivity contribution in [3.05, 3.63) is 59.3 Å². The average molecular weight is 265 g/mol. The fraction of sp³-hybridized carbons (Fsp3) is 0.125. The van der Waals surface area contributed by atoms with Gasteiger partial charge in [-0.3, -0.25) is 9.89 Å². The van der Waals surface area contributed by atoms with Gasteiger partial charge in [0.05, 0.1) is 5.52 Å². The molecule has 1 aromatic heterocycles. The van der Waals surface area contributed by atoms with Crippen molar-refractivity contribution in [1.29, 1.82) is 0 Å². The molecule has 4 nitrogen and oxygen atoms in total. The predicted molar refractivity (Wildman–Crippen MR) is 80.0 cm³/mol. The van der Waals surface area contributed by atoms with Crippen LogP contribution in [-0.2, 0) is 0 Å². The number of carbonyl (C=O) groups excluding carboxylic acids is 1. The van der Waals surface area contributed by atoms with Crippen LogP contribution >= 0.6 is 0 Å². The normalized spacial score (nSPS) is 10.7. The van der Waals surface area contributed by atoms with Crippen molar-refractivity contribution in [3.63, 3.8) is 0 Å². The van der Waals surface area contributed by atoms with Crippen molar-refractivity contribution in [2.24, 2.45) is 0 Å². The van der Waals surface area contributed by atoms with Gasteiger partial charge in [-0.1, -0.05) is 30.3 Å². The van der Waals surface area contributed by atoms with Crippen molar-refractivity contribution in [2.75, 3.05) is 5.32 Å². The fourth-order valence-electron chi connectivity index (χ4n) is 2.20. The number of para-hydroxylation sites is 1. The molecule has 0 atom stereocenters. The van der Waals surface area contributed by atoms with Gasteiger partial charge >= 0.3 is 0 Å². The fourth-order valence-corrected chi connectivity index (χ4v) is 2.20. The summed E-state index contributed by atoms with van der Waals surface area (Å²) in [6.45, 7) is 4.02. The maximum Gasteiger partial charge on any atom is 0.276 e. The van der Waals surface area contributed by atoms with E-state index in [0.717, 1.165) is 27.7 Å². The number of H-pyrrole nitrogens is 1. The molecule has 0 saturated carbocycles. The number of nitrogens with one attached hydrogen (secondary N) is 2. The van der Waals surface area contributed by atoms with Crippen LogP contribution in [0.1, 0.15) is 21.6 Å². The van der Waals surface area contributed by atoms with Gasteiger partial charge < -0.3 is 5.32 Å². The van der Waals surface area contributed by atoms with Gasteiger partial charge in [0.25, 0.3) is 5.91 Å². The molecule has 2 N–H and O–H groups in total. The molecule has 0 saturated heterocycles. The Balaban J connectivity index is 1.95. The van der Waals surface area contributed by atoms with E-state index in [4.69, 9.17) is 0 Å². The van der Waals surface area contributed by atoms with Gasteiger partial charge in [-0.15, -0.1) is 0 Å². The van der Waals surface area contributed by atoms with Gasteiger partial charge in [0, 0.05) is 11.1 Å². The monoisotopic (exact) mass is 265 g/mol. The first kappa shape index (κ1) is 12.4. The number of rotatable bonds is 2. The lowest BCUT2D eigenvalue weighted by Crippen LogP contribution is -2.13. The second kappa shape index (κ2) is 4.81. The molecule has 0 aliphatic rings. The number of anilines is 1. The van der Waals surface area contributed by atoms with E-state index in [0.29, 0.717) is 5.69 Å². The minimum absolute atomic E-state index is 0.198. The highest BCUT2D eigenvalue weighted by molar-refractivity contribution is 6.11. The van der Waals surface area contributed by atoms with E-state index < -0.39 is 0 Å². The van der Waals surface area contributed by atoms with Crippen LogP contribution in [0.4, 0.5) is 5.69 Å². The first-order valence-electron chi connectivity index (χ1n) is 6.47. The molecule has 0 spiro atoms. The van der Waals surface area contributed by atoms with Crippen LogP contribution in [0, 0.1) is 13.8 Å². The van der Waals surface area contributed by atoms with Crippen LogP contribution in [0.2, 0.25) is 0 Å². The number of fused-ring (bicyclic) bond motifs is 1. The molecule has 0 unspecified atom stereocenters. The van der Waals surface area contributed by atoms with E-state index >= 15 is 0 Å². The topological polar surface area (TPSA) is 57.8 Å². The van der Waals surface area contributed by atoms with Gasteiger partial charge in [0.15, 0.2) is 5.69 Å². The average Bonchev–Trinajstić information content (AvgIpc) is 2.88. The summed E-state index contributed by atoms with van der Waals surface area (Å²) < 4.78 is 0. The molecule has 2 aromatic carbocycles. The molecular weight excluding hydrogens is 250 g/mol. The van der Waals surface area contributed by atoms with Crippen LogP contribution in [0.25, 0.3) is 10.9 Å². The van der Waals surface area contributed by atoms with Gasteiger partial charge in [0.2, 0.25) is 0 Å². The van der Waals surface area contributed by atoms with Gasteiger partial charge in [-0.2, -0.15) is 5.10 Å². The largest absolute Gasteiger partial charge is 0.320 e. The molecule has 20 heavy (non-hydrogen) atoms. The third kappa shape index (κ3) is 2.05. The van der Waals surface area contributed by atoms with E-state index in [1.54, 1.807) is 0 Å². The van der Waals surface area contributed by atoms with Crippen molar-refractivity contribution >= 4 is 22.5 Å². The Morgan fingerprint density at radius 1 is 1.10 bits per heavy atom. The highest BCUT2D eigenvalue weighted by Crippen LogP contribution is 2.20. The van der Waals surface area contributed by atoms with Crippen LogP contribution in [0.5, 0.6) is 0 Å². The maximum absolute atomic E-state index is 12.4. The predicted octanol–water partition coefficient (Wildman–Crippen LogP) is 3.43. The molecule has 0 radical (unpaired) electrons. The SMILES string of the molecule is Cc1cccc(NC(=O)c2n[nH]c3ccccc23)c1C. The first-order valence-corrected chi connectivity index (χ1v) is 6.47. The van der Waals surface area contributed by atoms with E-state index in [1.165, 1.54) is 0 Å². The summed E-state index contributed by atoms with van der Waals surface area (Å²) in [5.74, 6) is -0.198. The lowest BCUT2D eigenvalue weighted by Gasteiger charge is -2.09. The number of hydrogen-bond donors (Lipinski definition) is 2. The van der Waals surface area contributed by atoms with Crippen molar-refractivity contribution < 1.29 is 4.79 Å². The summed E-state index contributed by atoms with van der Waals surface area (Å²) in [6, 6.07) is 13.4. The number of aromatic nitrogens is 2. The van der Waals surface area contributed by atoms with E-state index in [2.05, 4.69) is 15.5 Å². The van der Waals surface area contributed by atoms with Crippen LogP contribution < -0.4 is 5.32 Å². The van der Waals surface area contributed by atoms with E-state index in [9.17, 15) is 4.79 Å². The lowest BCUT2D eigenvalue weighted by atomic mass is 10.1. The standard InChI is InChI=1S/C16H15N3O/c1-10-6-5-9-13(11(10)2)17-16(20)15-12-7-3-4-8-14(12)18-19-15/h3-9H,1-2H3,(H,17,20)(H,18,19). The summed E-state index contributed by atoms with van der Waals surface area (Å²) in [5.41, 5.74) is 4.32. The van der Waals surface area contributed by atoms with Crippen molar-refractivity contribution in [3.8, 4) is 0 Å². The van der Waals surface area contributed by atoms with Gasteiger partial charge in [-0.25, -0.2) is 0 Å². The zero-order chi connectivity index (χ0) is 14.1. The summed E-state index contributed by atoms with van der Waals surface area (Å²) >= 11 is 0. The number of amides is 1. The number of aromatic amines is 1. The third-order valence-corrected chi connectivity index (χ3v) is 3.54. The number of aryl methyl sites for hydroxylation is 1. The summed E-state index contributed by atoms with van der Waals surface area (Å²) in [7, 11) is 0. The summed E-state index contributed by atoms with van der Waals surface area (Å²) in [4.78, 5) is 12.4. The minimum Gasteiger partial charge on any atom is -0.320 e.